The van der Waals surface area contributed by atoms with Crippen LogP contribution in [0.3, 0.4) is 0 Å². The molecule has 2 aromatic carbocycles. The minimum atomic E-state index is -0.111. The molecule has 0 aromatic heterocycles. The first-order valence-corrected chi connectivity index (χ1v) is 12.2. The lowest BCUT2D eigenvalue weighted by molar-refractivity contribution is -0.116. The SMILES string of the molecule is CCOCCCNC(=O)c1cc(NC(=O)CCc2ccccc2)ccc1N1CCC(C)CC1. The van der Waals surface area contributed by atoms with E-state index in [2.05, 4.69) is 22.5 Å². The Hall–Kier alpha value is -2.86. The summed E-state index contributed by atoms with van der Waals surface area (Å²) < 4.78 is 5.36. The van der Waals surface area contributed by atoms with Crippen LogP contribution in [-0.2, 0) is 16.0 Å². The van der Waals surface area contributed by atoms with E-state index in [-0.39, 0.29) is 11.8 Å². The van der Waals surface area contributed by atoms with Crippen LogP contribution in [0.25, 0.3) is 0 Å². The zero-order valence-corrected chi connectivity index (χ0v) is 19.9. The first kappa shape index (κ1) is 24.8. The van der Waals surface area contributed by atoms with Crippen LogP contribution in [0.2, 0.25) is 0 Å². The van der Waals surface area contributed by atoms with E-state index in [1.54, 1.807) is 0 Å². The second-order valence-corrected chi connectivity index (χ2v) is 8.74. The van der Waals surface area contributed by atoms with Gasteiger partial charge in [0.25, 0.3) is 5.91 Å². The largest absolute Gasteiger partial charge is 0.382 e. The first-order valence-electron chi connectivity index (χ1n) is 12.2. The van der Waals surface area contributed by atoms with Crippen molar-refractivity contribution in [2.75, 3.05) is 43.1 Å². The first-order chi connectivity index (χ1) is 16.1. The predicted molar refractivity (Wildman–Crippen MR) is 134 cm³/mol. The van der Waals surface area contributed by atoms with E-state index >= 15 is 0 Å². The molecule has 2 N–H and O–H groups in total. The fourth-order valence-corrected chi connectivity index (χ4v) is 4.06. The summed E-state index contributed by atoms with van der Waals surface area (Å²) in [6.07, 6.45) is 4.09. The lowest BCUT2D eigenvalue weighted by Gasteiger charge is -2.33. The molecule has 2 aromatic rings. The van der Waals surface area contributed by atoms with Gasteiger partial charge in [-0.2, -0.15) is 0 Å². The van der Waals surface area contributed by atoms with Crippen molar-refractivity contribution in [1.82, 2.24) is 5.32 Å². The smallest absolute Gasteiger partial charge is 0.253 e. The molecule has 0 aliphatic carbocycles. The zero-order valence-electron chi connectivity index (χ0n) is 19.9. The van der Waals surface area contributed by atoms with Crippen molar-refractivity contribution >= 4 is 23.2 Å². The van der Waals surface area contributed by atoms with Crippen molar-refractivity contribution < 1.29 is 14.3 Å². The van der Waals surface area contributed by atoms with Gasteiger partial charge in [-0.05, 0) is 62.3 Å². The standard InChI is InChI=1S/C27H37N3O3/c1-3-33-19-7-16-28-27(32)24-20-23(11-12-25(24)30-17-14-21(2)15-18-30)29-26(31)13-10-22-8-5-4-6-9-22/h4-6,8-9,11-12,20-21H,3,7,10,13-19H2,1-2H3,(H,28,32)(H,29,31). The Morgan fingerprint density at radius 3 is 2.58 bits per heavy atom. The lowest BCUT2D eigenvalue weighted by atomic mass is 9.97. The summed E-state index contributed by atoms with van der Waals surface area (Å²) in [5, 5.41) is 5.99. The lowest BCUT2D eigenvalue weighted by Crippen LogP contribution is -2.35. The van der Waals surface area contributed by atoms with Crippen molar-refractivity contribution in [3.05, 3.63) is 59.7 Å². The molecule has 1 aliphatic heterocycles. The molecule has 1 heterocycles. The molecule has 1 aliphatic rings. The molecule has 0 unspecified atom stereocenters. The molecule has 0 bridgehead atoms. The fraction of sp³-hybridized carbons (Fsp3) is 0.481. The van der Waals surface area contributed by atoms with Crippen LogP contribution in [-0.4, -0.2) is 44.7 Å². The van der Waals surface area contributed by atoms with Crippen molar-refractivity contribution in [3.63, 3.8) is 0 Å². The molecule has 3 rings (SSSR count). The van der Waals surface area contributed by atoms with Crippen molar-refractivity contribution in [3.8, 4) is 0 Å². The number of anilines is 2. The van der Waals surface area contributed by atoms with E-state index < -0.39 is 0 Å². The van der Waals surface area contributed by atoms with Crippen LogP contribution in [0.1, 0.15) is 55.5 Å². The van der Waals surface area contributed by atoms with Crippen LogP contribution in [0.15, 0.2) is 48.5 Å². The molecule has 0 spiro atoms. The molecular weight excluding hydrogens is 414 g/mol. The number of ether oxygens (including phenoxy) is 1. The average Bonchev–Trinajstić information content (AvgIpc) is 2.84. The number of amides is 2. The minimum absolute atomic E-state index is 0.0542. The van der Waals surface area contributed by atoms with Gasteiger partial charge in [0.2, 0.25) is 5.91 Å². The van der Waals surface area contributed by atoms with Gasteiger partial charge in [-0.3, -0.25) is 9.59 Å². The third-order valence-corrected chi connectivity index (χ3v) is 6.09. The van der Waals surface area contributed by atoms with Crippen LogP contribution >= 0.6 is 0 Å². The number of carbonyl (C=O) groups excluding carboxylic acids is 2. The van der Waals surface area contributed by atoms with E-state index in [0.29, 0.717) is 49.8 Å². The second kappa shape index (κ2) is 13.0. The fourth-order valence-electron chi connectivity index (χ4n) is 4.06. The Bertz CT molecular complexity index is 893. The second-order valence-electron chi connectivity index (χ2n) is 8.74. The Labute approximate surface area is 197 Å². The molecule has 2 amide bonds. The Kier molecular flexibility index (Phi) is 9.76. The normalized spacial score (nSPS) is 14.2. The topological polar surface area (TPSA) is 70.7 Å². The summed E-state index contributed by atoms with van der Waals surface area (Å²) >= 11 is 0. The molecule has 6 nitrogen and oxygen atoms in total. The number of nitrogens with one attached hydrogen (secondary N) is 2. The van der Waals surface area contributed by atoms with Crippen LogP contribution < -0.4 is 15.5 Å². The molecule has 178 valence electrons. The highest BCUT2D eigenvalue weighted by Crippen LogP contribution is 2.29. The monoisotopic (exact) mass is 451 g/mol. The molecule has 33 heavy (non-hydrogen) atoms. The highest BCUT2D eigenvalue weighted by molar-refractivity contribution is 6.02. The van der Waals surface area contributed by atoms with Gasteiger partial charge in [-0.15, -0.1) is 0 Å². The number of nitrogens with zero attached hydrogens (tertiary/aromatic N) is 1. The number of benzene rings is 2. The molecule has 1 fully saturated rings. The van der Waals surface area contributed by atoms with Crippen LogP contribution in [0.5, 0.6) is 0 Å². The summed E-state index contributed by atoms with van der Waals surface area (Å²) in [5.41, 5.74) is 3.34. The maximum absolute atomic E-state index is 13.1. The van der Waals surface area contributed by atoms with Gasteiger partial charge in [-0.1, -0.05) is 37.3 Å². The minimum Gasteiger partial charge on any atom is -0.382 e. The highest BCUT2D eigenvalue weighted by Gasteiger charge is 2.21. The van der Waals surface area contributed by atoms with Gasteiger partial charge in [0, 0.05) is 50.6 Å². The van der Waals surface area contributed by atoms with Gasteiger partial charge in [-0.25, -0.2) is 0 Å². The number of hydrogen-bond acceptors (Lipinski definition) is 4. The summed E-state index contributed by atoms with van der Waals surface area (Å²) in [6, 6.07) is 15.7. The van der Waals surface area contributed by atoms with Crippen molar-refractivity contribution in [2.45, 2.75) is 46.0 Å². The maximum atomic E-state index is 13.1. The Morgan fingerprint density at radius 1 is 1.09 bits per heavy atom. The third-order valence-electron chi connectivity index (χ3n) is 6.09. The van der Waals surface area contributed by atoms with E-state index in [1.807, 2.05) is 55.5 Å². The third kappa shape index (κ3) is 7.90. The van der Waals surface area contributed by atoms with Crippen molar-refractivity contribution in [1.29, 1.82) is 0 Å². The molecule has 1 saturated heterocycles. The summed E-state index contributed by atoms with van der Waals surface area (Å²) in [4.78, 5) is 27.9. The van der Waals surface area contributed by atoms with E-state index in [4.69, 9.17) is 4.74 Å². The van der Waals surface area contributed by atoms with Gasteiger partial charge in [0.15, 0.2) is 0 Å². The molecule has 0 radical (unpaired) electrons. The highest BCUT2D eigenvalue weighted by atomic mass is 16.5. The van der Waals surface area contributed by atoms with Gasteiger partial charge in [0.05, 0.1) is 5.56 Å². The Balaban J connectivity index is 1.67. The summed E-state index contributed by atoms with van der Waals surface area (Å²) in [6.45, 7) is 7.98. The number of hydrogen-bond donors (Lipinski definition) is 2. The average molecular weight is 452 g/mol. The van der Waals surface area contributed by atoms with Gasteiger partial charge < -0.3 is 20.3 Å². The number of piperidine rings is 1. The molecule has 6 heteroatoms. The van der Waals surface area contributed by atoms with E-state index in [9.17, 15) is 9.59 Å². The maximum Gasteiger partial charge on any atom is 0.253 e. The van der Waals surface area contributed by atoms with Crippen molar-refractivity contribution in [2.24, 2.45) is 5.92 Å². The van der Waals surface area contributed by atoms with E-state index in [1.165, 1.54) is 0 Å². The predicted octanol–water partition coefficient (Wildman–Crippen LogP) is 4.65. The number of aryl methyl sites for hydroxylation is 1. The summed E-state index contributed by atoms with van der Waals surface area (Å²) in [5.74, 6) is 0.544. The zero-order chi connectivity index (χ0) is 23.5. The van der Waals surface area contributed by atoms with Gasteiger partial charge in [0.1, 0.15) is 0 Å². The molecule has 0 atom stereocenters. The van der Waals surface area contributed by atoms with E-state index in [0.717, 1.165) is 43.6 Å². The van der Waals surface area contributed by atoms with Crippen LogP contribution in [0.4, 0.5) is 11.4 Å². The quantitative estimate of drug-likeness (QED) is 0.488. The summed E-state index contributed by atoms with van der Waals surface area (Å²) in [7, 11) is 0. The molecule has 0 saturated carbocycles. The number of carbonyl (C=O) groups is 2. The van der Waals surface area contributed by atoms with Crippen LogP contribution in [0, 0.1) is 5.92 Å². The Morgan fingerprint density at radius 2 is 1.85 bits per heavy atom. The number of rotatable bonds is 11. The van der Waals surface area contributed by atoms with Gasteiger partial charge >= 0.3 is 0 Å². The molecular formula is C27H37N3O3.